The van der Waals surface area contributed by atoms with Gasteiger partial charge < -0.3 is 15.2 Å². The normalized spacial score (nSPS) is 28.4. The van der Waals surface area contributed by atoms with Crippen LogP contribution in [0.2, 0.25) is 0 Å². The van der Waals surface area contributed by atoms with E-state index in [1.165, 1.54) is 17.4 Å². The first-order valence-electron chi connectivity index (χ1n) is 9.24. The first kappa shape index (κ1) is 18.3. The lowest BCUT2D eigenvalue weighted by Crippen LogP contribution is -2.59. The van der Waals surface area contributed by atoms with Crippen LogP contribution in [-0.4, -0.2) is 56.0 Å². The van der Waals surface area contributed by atoms with Gasteiger partial charge in [0.25, 0.3) is 0 Å². The van der Waals surface area contributed by atoms with E-state index in [2.05, 4.69) is 25.7 Å². The number of phenols is 1. The smallest absolute Gasteiger partial charge is 0.233 e. The molecule has 10 heteroatoms. The number of alkyl halides is 2. The first-order valence-corrected chi connectivity index (χ1v) is 10.1. The molecule has 2 fully saturated rings. The SMILES string of the molecule is Oc1cc(-c2nncs2)ccc1-c1ccc(OC2[C@H](F)C3CCC(N3)[C@@H]2F)nn1. The number of aromatic hydroxyl groups is 1. The van der Waals surface area contributed by atoms with Crippen molar-refractivity contribution in [3.8, 4) is 33.5 Å². The molecule has 150 valence electrons. The van der Waals surface area contributed by atoms with Crippen LogP contribution in [0.1, 0.15) is 12.8 Å². The summed E-state index contributed by atoms with van der Waals surface area (Å²) in [6.45, 7) is 0. The summed E-state index contributed by atoms with van der Waals surface area (Å²) in [5.74, 6) is 0.0681. The van der Waals surface area contributed by atoms with Crippen molar-refractivity contribution in [1.82, 2.24) is 25.7 Å². The maximum atomic E-state index is 14.5. The number of rotatable bonds is 4. The highest BCUT2D eigenvalue weighted by Crippen LogP contribution is 2.35. The Labute approximate surface area is 168 Å². The van der Waals surface area contributed by atoms with Gasteiger partial charge in [0.05, 0.1) is 5.69 Å². The second-order valence-electron chi connectivity index (χ2n) is 7.16. The number of phenolic OH excluding ortho intramolecular Hbond substituents is 1. The summed E-state index contributed by atoms with van der Waals surface area (Å²) in [6.07, 6.45) is -2.88. The lowest BCUT2D eigenvalue weighted by Gasteiger charge is -2.35. The molecular formula is C19H17F2N5O2S. The van der Waals surface area contributed by atoms with E-state index < -0.39 is 18.4 Å². The number of hydrogen-bond acceptors (Lipinski definition) is 8. The summed E-state index contributed by atoms with van der Waals surface area (Å²) in [7, 11) is 0. The molecule has 1 aromatic carbocycles. The molecule has 0 radical (unpaired) electrons. The Morgan fingerprint density at radius 1 is 1.03 bits per heavy atom. The third kappa shape index (κ3) is 3.32. The van der Waals surface area contributed by atoms with Gasteiger partial charge in [0, 0.05) is 29.3 Å². The van der Waals surface area contributed by atoms with E-state index in [1.807, 2.05) is 0 Å². The fourth-order valence-electron chi connectivity index (χ4n) is 3.91. The molecule has 0 spiro atoms. The van der Waals surface area contributed by atoms with Gasteiger partial charge >= 0.3 is 0 Å². The van der Waals surface area contributed by atoms with Gasteiger partial charge in [-0.15, -0.1) is 20.4 Å². The molecule has 2 bridgehead atoms. The molecule has 3 aromatic rings. The number of ether oxygens (including phenoxy) is 1. The Bertz CT molecular complexity index is 988. The van der Waals surface area contributed by atoms with Gasteiger partial charge in [-0.1, -0.05) is 17.4 Å². The van der Waals surface area contributed by atoms with Crippen LogP contribution < -0.4 is 10.1 Å². The summed E-state index contributed by atoms with van der Waals surface area (Å²) in [4.78, 5) is 0. The molecule has 0 saturated carbocycles. The first-order chi connectivity index (χ1) is 14.1. The zero-order valence-electron chi connectivity index (χ0n) is 15.1. The zero-order valence-corrected chi connectivity index (χ0v) is 15.9. The van der Waals surface area contributed by atoms with Crippen LogP contribution >= 0.6 is 11.3 Å². The van der Waals surface area contributed by atoms with E-state index >= 15 is 0 Å². The summed E-state index contributed by atoms with van der Waals surface area (Å²) in [5.41, 5.74) is 3.24. The van der Waals surface area contributed by atoms with Crippen molar-refractivity contribution in [3.63, 3.8) is 0 Å². The van der Waals surface area contributed by atoms with E-state index in [-0.39, 0.29) is 23.7 Å². The molecule has 2 aliphatic heterocycles. The average molecular weight is 417 g/mol. The van der Waals surface area contributed by atoms with E-state index in [0.29, 0.717) is 29.1 Å². The number of hydrogen-bond donors (Lipinski definition) is 2. The van der Waals surface area contributed by atoms with Crippen molar-refractivity contribution in [2.75, 3.05) is 0 Å². The van der Waals surface area contributed by atoms with Crippen molar-refractivity contribution in [2.24, 2.45) is 0 Å². The maximum absolute atomic E-state index is 14.5. The lowest BCUT2D eigenvalue weighted by molar-refractivity contribution is -0.0186. The van der Waals surface area contributed by atoms with Crippen molar-refractivity contribution in [1.29, 1.82) is 0 Å². The minimum absolute atomic E-state index is 0.0169. The molecule has 2 aromatic heterocycles. The molecule has 0 amide bonds. The molecule has 29 heavy (non-hydrogen) atoms. The highest BCUT2D eigenvalue weighted by Gasteiger charge is 2.50. The van der Waals surface area contributed by atoms with E-state index in [4.69, 9.17) is 4.74 Å². The molecule has 3 unspecified atom stereocenters. The number of nitrogens with zero attached hydrogens (tertiary/aromatic N) is 4. The fourth-order valence-corrected chi connectivity index (χ4v) is 4.46. The molecule has 0 aliphatic carbocycles. The quantitative estimate of drug-likeness (QED) is 0.674. The molecule has 7 nitrogen and oxygen atoms in total. The van der Waals surface area contributed by atoms with Crippen LogP contribution in [0, 0.1) is 0 Å². The number of nitrogens with one attached hydrogen (secondary N) is 1. The number of halogens is 2. The standard InChI is InChI=1S/C19H17F2N5O2S/c20-16-12-3-4-13(23-12)17(21)18(16)28-15-6-5-11(24-25-15)10-2-1-9(7-14(10)27)19-26-22-8-29-19/h1-2,5-8,12-13,16-18,23,27H,3-4H2/t12?,13?,16-,17+,18?. The van der Waals surface area contributed by atoms with Gasteiger partial charge in [0.15, 0.2) is 18.4 Å². The topological polar surface area (TPSA) is 93.1 Å². The monoisotopic (exact) mass is 417 g/mol. The van der Waals surface area contributed by atoms with Crippen LogP contribution in [0.15, 0.2) is 35.8 Å². The van der Waals surface area contributed by atoms with E-state index in [1.54, 1.807) is 29.8 Å². The lowest BCUT2D eigenvalue weighted by atomic mass is 9.98. The van der Waals surface area contributed by atoms with Crippen LogP contribution in [0.25, 0.3) is 21.8 Å². The molecular weight excluding hydrogens is 400 g/mol. The molecule has 5 rings (SSSR count). The van der Waals surface area contributed by atoms with Crippen LogP contribution in [0.4, 0.5) is 8.78 Å². The summed E-state index contributed by atoms with van der Waals surface area (Å²) in [6, 6.07) is 7.42. The predicted molar refractivity (Wildman–Crippen MR) is 102 cm³/mol. The minimum atomic E-state index is -1.44. The highest BCUT2D eigenvalue weighted by atomic mass is 32.1. The Morgan fingerprint density at radius 3 is 2.45 bits per heavy atom. The maximum Gasteiger partial charge on any atom is 0.233 e. The van der Waals surface area contributed by atoms with Gasteiger partial charge in [-0.3, -0.25) is 0 Å². The highest BCUT2D eigenvalue weighted by molar-refractivity contribution is 7.12. The van der Waals surface area contributed by atoms with Crippen molar-refractivity contribution >= 4 is 11.3 Å². The van der Waals surface area contributed by atoms with Crippen molar-refractivity contribution in [2.45, 2.75) is 43.4 Å². The van der Waals surface area contributed by atoms with E-state index in [0.717, 1.165) is 5.56 Å². The summed E-state index contributed by atoms with van der Waals surface area (Å²) in [5, 5.41) is 29.8. The van der Waals surface area contributed by atoms with Crippen molar-refractivity contribution in [3.05, 3.63) is 35.8 Å². The van der Waals surface area contributed by atoms with Gasteiger partial charge in [-0.2, -0.15) is 0 Å². The minimum Gasteiger partial charge on any atom is -0.507 e. The van der Waals surface area contributed by atoms with E-state index in [9.17, 15) is 13.9 Å². The predicted octanol–water partition coefficient (Wildman–Crippen LogP) is 2.93. The van der Waals surface area contributed by atoms with Crippen LogP contribution in [-0.2, 0) is 0 Å². The van der Waals surface area contributed by atoms with Gasteiger partial charge in [0.2, 0.25) is 5.88 Å². The summed E-state index contributed by atoms with van der Waals surface area (Å²) >= 11 is 1.37. The second-order valence-corrected chi connectivity index (χ2v) is 7.99. The third-order valence-electron chi connectivity index (χ3n) is 5.39. The molecule has 2 aliphatic rings. The fraction of sp³-hybridized carbons (Fsp3) is 0.368. The molecule has 2 N–H and O–H groups in total. The summed E-state index contributed by atoms with van der Waals surface area (Å²) < 4.78 is 34.5. The Morgan fingerprint density at radius 2 is 1.83 bits per heavy atom. The molecule has 2 saturated heterocycles. The van der Waals surface area contributed by atoms with Crippen molar-refractivity contribution < 1.29 is 18.6 Å². The third-order valence-corrected chi connectivity index (χ3v) is 6.13. The van der Waals surface area contributed by atoms with Gasteiger partial charge in [0.1, 0.15) is 16.3 Å². The van der Waals surface area contributed by atoms with Crippen LogP contribution in [0.3, 0.4) is 0 Å². The number of fused-ring (bicyclic) bond motifs is 2. The zero-order chi connectivity index (χ0) is 20.0. The van der Waals surface area contributed by atoms with Crippen LogP contribution in [0.5, 0.6) is 11.6 Å². The number of piperidine rings is 1. The molecule has 5 atom stereocenters. The van der Waals surface area contributed by atoms with Gasteiger partial charge in [-0.05, 0) is 31.0 Å². The van der Waals surface area contributed by atoms with Gasteiger partial charge in [-0.25, -0.2) is 8.78 Å². The Hall–Kier alpha value is -2.72. The Kier molecular flexibility index (Phi) is 4.59. The number of aromatic nitrogens is 4. The largest absolute Gasteiger partial charge is 0.507 e. The number of benzene rings is 1. The molecule has 4 heterocycles. The second kappa shape index (κ2) is 7.27. The Balaban J connectivity index is 1.34. The average Bonchev–Trinajstić information content (AvgIpc) is 3.42.